The number of piperidine rings is 1. The van der Waals surface area contributed by atoms with E-state index in [1.54, 1.807) is 0 Å². The van der Waals surface area contributed by atoms with E-state index in [1.807, 2.05) is 24.6 Å². The molecular formula is C20H36N4O. The first-order valence-electron chi connectivity index (χ1n) is 9.79. The van der Waals surface area contributed by atoms with Crippen molar-refractivity contribution < 1.29 is 4.79 Å². The van der Waals surface area contributed by atoms with E-state index in [2.05, 4.69) is 43.0 Å². The second-order valence-corrected chi connectivity index (χ2v) is 8.51. The van der Waals surface area contributed by atoms with Gasteiger partial charge in [0.1, 0.15) is 6.04 Å². The number of nitrogens with zero attached hydrogens (tertiary/aromatic N) is 3. The van der Waals surface area contributed by atoms with Crippen molar-refractivity contribution in [3.63, 3.8) is 0 Å². The Kier molecular flexibility index (Phi) is 6.66. The third-order valence-electron chi connectivity index (χ3n) is 5.16. The second-order valence-electron chi connectivity index (χ2n) is 8.51. The van der Waals surface area contributed by atoms with Gasteiger partial charge in [0, 0.05) is 17.8 Å². The third kappa shape index (κ3) is 5.56. The zero-order valence-electron chi connectivity index (χ0n) is 16.9. The molecule has 0 radical (unpaired) electrons. The van der Waals surface area contributed by atoms with Crippen molar-refractivity contribution in [2.24, 2.45) is 5.92 Å². The van der Waals surface area contributed by atoms with E-state index in [0.717, 1.165) is 49.8 Å². The average Bonchev–Trinajstić information content (AvgIpc) is 2.84. The molecule has 1 aromatic rings. The van der Waals surface area contributed by atoms with Gasteiger partial charge in [0.05, 0.1) is 5.69 Å². The van der Waals surface area contributed by atoms with Gasteiger partial charge in [-0.1, -0.05) is 20.3 Å². The third-order valence-corrected chi connectivity index (χ3v) is 5.16. The number of hydrogen-bond donors (Lipinski definition) is 1. The minimum Gasteiger partial charge on any atom is -0.348 e. The van der Waals surface area contributed by atoms with Gasteiger partial charge in [0.15, 0.2) is 0 Å². The zero-order valence-corrected chi connectivity index (χ0v) is 16.9. The van der Waals surface area contributed by atoms with Crippen molar-refractivity contribution in [3.8, 4) is 0 Å². The maximum Gasteiger partial charge on any atom is 0.245 e. The van der Waals surface area contributed by atoms with Crippen LogP contribution in [0.25, 0.3) is 0 Å². The van der Waals surface area contributed by atoms with Crippen molar-refractivity contribution in [2.45, 2.75) is 78.8 Å². The van der Waals surface area contributed by atoms with E-state index in [0.29, 0.717) is 0 Å². The van der Waals surface area contributed by atoms with Crippen LogP contribution in [0.15, 0.2) is 6.07 Å². The van der Waals surface area contributed by atoms with Gasteiger partial charge in [-0.15, -0.1) is 0 Å². The molecule has 2 heterocycles. The maximum atomic E-state index is 13.0. The summed E-state index contributed by atoms with van der Waals surface area (Å²) in [6.45, 7) is 15.9. The van der Waals surface area contributed by atoms with Gasteiger partial charge in [0.25, 0.3) is 0 Å². The molecule has 1 aliphatic heterocycles. The van der Waals surface area contributed by atoms with E-state index in [-0.39, 0.29) is 17.5 Å². The SMILES string of the molecule is CCCC(C(=O)NC(C)(C)CN1CCC(C)CC1)n1nc(C)cc1C. The van der Waals surface area contributed by atoms with Gasteiger partial charge >= 0.3 is 0 Å². The highest BCUT2D eigenvalue weighted by Crippen LogP contribution is 2.21. The van der Waals surface area contributed by atoms with E-state index in [9.17, 15) is 4.79 Å². The van der Waals surface area contributed by atoms with Gasteiger partial charge < -0.3 is 10.2 Å². The average molecular weight is 349 g/mol. The first-order valence-corrected chi connectivity index (χ1v) is 9.79. The number of carbonyl (C=O) groups is 1. The fourth-order valence-electron chi connectivity index (χ4n) is 3.84. The molecule has 142 valence electrons. The molecule has 0 aromatic carbocycles. The molecule has 0 saturated carbocycles. The molecule has 1 atom stereocenters. The smallest absolute Gasteiger partial charge is 0.245 e. The number of nitrogens with one attached hydrogen (secondary N) is 1. The summed E-state index contributed by atoms with van der Waals surface area (Å²) in [6, 6.07) is 1.81. The summed E-state index contributed by atoms with van der Waals surface area (Å²) in [5.41, 5.74) is 1.78. The number of rotatable bonds is 7. The van der Waals surface area contributed by atoms with E-state index >= 15 is 0 Å². The van der Waals surface area contributed by atoms with E-state index < -0.39 is 0 Å². The first kappa shape index (κ1) is 20.0. The Morgan fingerprint density at radius 3 is 2.52 bits per heavy atom. The molecule has 1 unspecified atom stereocenters. The van der Waals surface area contributed by atoms with E-state index in [4.69, 9.17) is 0 Å². The van der Waals surface area contributed by atoms with Gasteiger partial charge in [0.2, 0.25) is 5.91 Å². The summed E-state index contributed by atoms with van der Waals surface area (Å²) in [5, 5.41) is 7.84. The summed E-state index contributed by atoms with van der Waals surface area (Å²) in [6.07, 6.45) is 4.29. The standard InChI is InChI=1S/C20H36N4O/c1-7-8-18(24-17(4)13-16(3)22-24)19(25)21-20(5,6)14-23-11-9-15(2)10-12-23/h13,15,18H,7-12,14H2,1-6H3,(H,21,25). The predicted octanol–water partition coefficient (Wildman–Crippen LogP) is 3.47. The van der Waals surface area contributed by atoms with Gasteiger partial charge in [-0.2, -0.15) is 5.10 Å². The summed E-state index contributed by atoms with van der Waals surface area (Å²) in [7, 11) is 0. The van der Waals surface area contributed by atoms with Crippen LogP contribution >= 0.6 is 0 Å². The largest absolute Gasteiger partial charge is 0.348 e. The lowest BCUT2D eigenvalue weighted by molar-refractivity contribution is -0.126. The molecule has 1 amide bonds. The molecule has 0 bridgehead atoms. The summed E-state index contributed by atoms with van der Waals surface area (Å²) >= 11 is 0. The highest BCUT2D eigenvalue weighted by molar-refractivity contribution is 5.81. The fourth-order valence-corrected chi connectivity index (χ4v) is 3.84. The topological polar surface area (TPSA) is 50.2 Å². The van der Waals surface area contributed by atoms with Crippen molar-refractivity contribution >= 4 is 5.91 Å². The highest BCUT2D eigenvalue weighted by Gasteiger charge is 2.30. The van der Waals surface area contributed by atoms with Crippen molar-refractivity contribution in [3.05, 3.63) is 17.5 Å². The number of hydrogen-bond acceptors (Lipinski definition) is 3. The zero-order chi connectivity index (χ0) is 18.6. The van der Waals surface area contributed by atoms with Gasteiger partial charge in [-0.3, -0.25) is 9.48 Å². The first-order chi connectivity index (χ1) is 11.7. The number of likely N-dealkylation sites (tertiary alicyclic amines) is 1. The Labute approximate surface area is 153 Å². The molecule has 1 aliphatic rings. The van der Waals surface area contributed by atoms with Crippen LogP contribution in [-0.4, -0.2) is 45.8 Å². The molecule has 0 aliphatic carbocycles. The van der Waals surface area contributed by atoms with Crippen LogP contribution < -0.4 is 5.32 Å². The lowest BCUT2D eigenvalue weighted by atomic mass is 9.96. The molecule has 2 rings (SSSR count). The number of aryl methyl sites for hydroxylation is 2. The van der Waals surface area contributed by atoms with E-state index in [1.165, 1.54) is 12.8 Å². The summed E-state index contributed by atoms with van der Waals surface area (Å²) < 4.78 is 1.90. The predicted molar refractivity (Wildman–Crippen MR) is 103 cm³/mol. The second kappa shape index (κ2) is 8.35. The minimum atomic E-state index is -0.236. The molecular weight excluding hydrogens is 312 g/mol. The molecule has 0 spiro atoms. The van der Waals surface area contributed by atoms with Crippen molar-refractivity contribution in [1.29, 1.82) is 0 Å². The van der Waals surface area contributed by atoms with Gasteiger partial charge in [-0.25, -0.2) is 0 Å². The molecule has 1 saturated heterocycles. The van der Waals surface area contributed by atoms with Gasteiger partial charge in [-0.05, 0) is 72.0 Å². The van der Waals surface area contributed by atoms with Crippen LogP contribution in [0.3, 0.4) is 0 Å². The molecule has 5 nitrogen and oxygen atoms in total. The molecule has 1 fully saturated rings. The van der Waals surface area contributed by atoms with Crippen LogP contribution in [0.4, 0.5) is 0 Å². The highest BCUT2D eigenvalue weighted by atomic mass is 16.2. The fraction of sp³-hybridized carbons (Fsp3) is 0.800. The monoisotopic (exact) mass is 348 g/mol. The quantitative estimate of drug-likeness (QED) is 0.821. The summed E-state index contributed by atoms with van der Waals surface area (Å²) in [4.78, 5) is 15.5. The Morgan fingerprint density at radius 2 is 2.00 bits per heavy atom. The molecule has 5 heteroatoms. The number of amides is 1. The normalized spacial score (nSPS) is 18.3. The minimum absolute atomic E-state index is 0.0865. The van der Waals surface area contributed by atoms with Crippen molar-refractivity contribution in [1.82, 2.24) is 20.0 Å². The molecule has 1 N–H and O–H groups in total. The van der Waals surface area contributed by atoms with Crippen LogP contribution in [0, 0.1) is 19.8 Å². The Hall–Kier alpha value is -1.36. The summed E-state index contributed by atoms with van der Waals surface area (Å²) in [5.74, 6) is 0.914. The van der Waals surface area contributed by atoms with Crippen LogP contribution in [0.2, 0.25) is 0 Å². The van der Waals surface area contributed by atoms with Crippen LogP contribution in [0.5, 0.6) is 0 Å². The molecule has 1 aromatic heterocycles. The lowest BCUT2D eigenvalue weighted by Crippen LogP contribution is -2.54. The Morgan fingerprint density at radius 1 is 1.36 bits per heavy atom. The molecule has 25 heavy (non-hydrogen) atoms. The maximum absolute atomic E-state index is 13.0. The van der Waals surface area contributed by atoms with Crippen LogP contribution in [-0.2, 0) is 4.79 Å². The number of carbonyl (C=O) groups excluding carboxylic acids is 1. The lowest BCUT2D eigenvalue weighted by Gasteiger charge is -2.37. The number of aromatic nitrogens is 2. The Balaban J connectivity index is 2.02. The van der Waals surface area contributed by atoms with Crippen LogP contribution in [0.1, 0.15) is 70.8 Å². The Bertz CT molecular complexity index is 570. The van der Waals surface area contributed by atoms with Crippen molar-refractivity contribution in [2.75, 3.05) is 19.6 Å².